The molecule has 1 rings (SSSR count). The highest BCUT2D eigenvalue weighted by Crippen LogP contribution is 2.03. The zero-order chi connectivity index (χ0) is 15.6. The summed E-state index contributed by atoms with van der Waals surface area (Å²) >= 11 is 0. The Morgan fingerprint density at radius 3 is 1.60 bits per heavy atom. The highest BCUT2D eigenvalue weighted by molar-refractivity contribution is 4.71. The van der Waals surface area contributed by atoms with Crippen LogP contribution in [-0.2, 0) is 0 Å². The van der Waals surface area contributed by atoms with Crippen LogP contribution in [-0.4, -0.2) is 62.2 Å². The highest BCUT2D eigenvalue weighted by atomic mass is 15.3. The average Bonchev–Trinajstić information content (AvgIpc) is 2.54. The van der Waals surface area contributed by atoms with Gasteiger partial charge in [-0.1, -0.05) is 48.0 Å². The summed E-state index contributed by atoms with van der Waals surface area (Å²) in [7, 11) is 0. The molecule has 124 valence electrons. The van der Waals surface area contributed by atoms with Crippen LogP contribution in [0.1, 0.15) is 60.8 Å². The lowest BCUT2D eigenvalue weighted by Crippen LogP contribution is -2.47. The molecule has 0 amide bonds. The van der Waals surface area contributed by atoms with E-state index in [1.165, 1.54) is 65.1 Å². The summed E-state index contributed by atoms with van der Waals surface area (Å²) in [5.41, 5.74) is 0. The van der Waals surface area contributed by atoms with Gasteiger partial charge in [-0.05, 0) is 39.0 Å². The number of nitrogens with one attached hydrogen (secondary N) is 1. The van der Waals surface area contributed by atoms with Gasteiger partial charge in [-0.15, -0.1) is 0 Å². The van der Waals surface area contributed by atoms with E-state index < -0.39 is 0 Å². The number of hydrogen-bond donors (Lipinski definition) is 1. The fraction of sp³-hybridized carbons (Fsp3) is 1.00. The quantitative estimate of drug-likeness (QED) is 0.690. The minimum absolute atomic E-state index is 1.10. The van der Waals surface area contributed by atoms with E-state index in [1.54, 1.807) is 0 Å². The first kappa shape index (κ1) is 22.2. The van der Waals surface area contributed by atoms with Crippen molar-refractivity contribution in [1.29, 1.82) is 0 Å². The molecule has 1 aliphatic heterocycles. The lowest BCUT2D eigenvalue weighted by Gasteiger charge is -2.34. The lowest BCUT2D eigenvalue weighted by atomic mass is 10.2. The second-order valence-electron chi connectivity index (χ2n) is 4.74. The van der Waals surface area contributed by atoms with Crippen molar-refractivity contribution in [3.05, 3.63) is 0 Å². The van der Waals surface area contributed by atoms with Gasteiger partial charge in [-0.2, -0.15) is 0 Å². The molecule has 3 heteroatoms. The molecule has 1 fully saturated rings. The van der Waals surface area contributed by atoms with Crippen LogP contribution in [0.3, 0.4) is 0 Å². The van der Waals surface area contributed by atoms with Gasteiger partial charge in [-0.25, -0.2) is 0 Å². The molecule has 0 spiro atoms. The Morgan fingerprint density at radius 1 is 0.750 bits per heavy atom. The summed E-state index contributed by atoms with van der Waals surface area (Å²) in [6.07, 6.45) is 3.98. The van der Waals surface area contributed by atoms with Crippen LogP contribution in [0.15, 0.2) is 0 Å². The fourth-order valence-corrected chi connectivity index (χ4v) is 2.22. The summed E-state index contributed by atoms with van der Waals surface area (Å²) in [4.78, 5) is 5.23. The third kappa shape index (κ3) is 12.9. The minimum atomic E-state index is 1.10. The van der Waals surface area contributed by atoms with Gasteiger partial charge in [0.25, 0.3) is 0 Å². The smallest absolute Gasteiger partial charge is 0.0110 e. The Labute approximate surface area is 129 Å². The molecule has 1 saturated heterocycles. The van der Waals surface area contributed by atoms with Gasteiger partial charge in [0.2, 0.25) is 0 Å². The van der Waals surface area contributed by atoms with Crippen molar-refractivity contribution in [3.63, 3.8) is 0 Å². The van der Waals surface area contributed by atoms with Crippen LogP contribution < -0.4 is 5.32 Å². The average molecular weight is 288 g/mol. The first-order chi connectivity index (χ1) is 9.86. The van der Waals surface area contributed by atoms with Crippen LogP contribution in [0.2, 0.25) is 0 Å². The molecule has 1 heterocycles. The molecular weight excluding hydrogens is 246 g/mol. The summed E-state index contributed by atoms with van der Waals surface area (Å²) in [5, 5.41) is 3.39. The van der Waals surface area contributed by atoms with Gasteiger partial charge in [0.15, 0.2) is 0 Å². The van der Waals surface area contributed by atoms with Crippen molar-refractivity contribution >= 4 is 0 Å². The van der Waals surface area contributed by atoms with Gasteiger partial charge >= 0.3 is 0 Å². The number of hydrogen-bond acceptors (Lipinski definition) is 3. The van der Waals surface area contributed by atoms with Crippen molar-refractivity contribution in [1.82, 2.24) is 15.1 Å². The zero-order valence-corrected chi connectivity index (χ0v) is 15.2. The Kier molecular flexibility index (Phi) is 20.9. The summed E-state index contributed by atoms with van der Waals surface area (Å²) in [6, 6.07) is 0. The summed E-state index contributed by atoms with van der Waals surface area (Å²) < 4.78 is 0. The molecule has 0 aromatic rings. The molecule has 0 unspecified atom stereocenters. The minimum Gasteiger partial charge on any atom is -0.317 e. The van der Waals surface area contributed by atoms with Gasteiger partial charge in [0.05, 0.1) is 0 Å². The number of piperazine rings is 1. The van der Waals surface area contributed by atoms with E-state index in [2.05, 4.69) is 29.0 Å². The topological polar surface area (TPSA) is 18.5 Å². The van der Waals surface area contributed by atoms with E-state index in [9.17, 15) is 0 Å². The molecule has 0 radical (unpaired) electrons. The van der Waals surface area contributed by atoms with E-state index in [0.717, 1.165) is 6.54 Å². The second-order valence-corrected chi connectivity index (χ2v) is 4.74. The molecule has 0 bridgehead atoms. The molecule has 1 aliphatic rings. The zero-order valence-electron chi connectivity index (χ0n) is 15.2. The second kappa shape index (κ2) is 18.9. The SMILES string of the molecule is CC.CC.CCCCN1CCN(CCCNCC)CC1. The van der Waals surface area contributed by atoms with Crippen molar-refractivity contribution in [3.8, 4) is 0 Å². The third-order valence-electron chi connectivity index (χ3n) is 3.37. The fourth-order valence-electron chi connectivity index (χ4n) is 2.22. The predicted molar refractivity (Wildman–Crippen MR) is 93.6 cm³/mol. The monoisotopic (exact) mass is 287 g/mol. The van der Waals surface area contributed by atoms with Crippen LogP contribution in [0.4, 0.5) is 0 Å². The molecule has 0 aromatic heterocycles. The Morgan fingerprint density at radius 2 is 1.20 bits per heavy atom. The maximum Gasteiger partial charge on any atom is 0.0110 e. The van der Waals surface area contributed by atoms with E-state index in [-0.39, 0.29) is 0 Å². The van der Waals surface area contributed by atoms with E-state index in [4.69, 9.17) is 0 Å². The normalized spacial score (nSPS) is 15.9. The number of rotatable bonds is 8. The molecule has 0 aromatic carbocycles. The van der Waals surface area contributed by atoms with Gasteiger partial charge < -0.3 is 15.1 Å². The third-order valence-corrected chi connectivity index (χ3v) is 3.37. The summed E-state index contributed by atoms with van der Waals surface area (Å²) in [6.45, 7) is 22.4. The molecular formula is C17H41N3. The highest BCUT2D eigenvalue weighted by Gasteiger charge is 2.15. The first-order valence-electron chi connectivity index (χ1n) is 9.02. The molecule has 0 atom stereocenters. The van der Waals surface area contributed by atoms with Crippen LogP contribution >= 0.6 is 0 Å². The van der Waals surface area contributed by atoms with E-state index >= 15 is 0 Å². The maximum absolute atomic E-state index is 3.39. The predicted octanol–water partition coefficient (Wildman–Crippen LogP) is 3.46. The molecule has 0 saturated carbocycles. The lowest BCUT2D eigenvalue weighted by molar-refractivity contribution is 0.130. The van der Waals surface area contributed by atoms with Crippen molar-refractivity contribution in [2.24, 2.45) is 0 Å². The molecule has 0 aliphatic carbocycles. The molecule has 1 N–H and O–H groups in total. The van der Waals surface area contributed by atoms with Crippen LogP contribution in [0.25, 0.3) is 0 Å². The van der Waals surface area contributed by atoms with Crippen molar-refractivity contribution in [2.45, 2.75) is 60.8 Å². The van der Waals surface area contributed by atoms with Crippen LogP contribution in [0, 0.1) is 0 Å². The van der Waals surface area contributed by atoms with E-state index in [0.29, 0.717) is 0 Å². The Balaban J connectivity index is 0. The summed E-state index contributed by atoms with van der Waals surface area (Å²) in [5.74, 6) is 0. The molecule has 20 heavy (non-hydrogen) atoms. The van der Waals surface area contributed by atoms with E-state index in [1.807, 2.05) is 27.7 Å². The number of unbranched alkanes of at least 4 members (excludes halogenated alkanes) is 1. The van der Waals surface area contributed by atoms with Crippen LogP contribution in [0.5, 0.6) is 0 Å². The van der Waals surface area contributed by atoms with Gasteiger partial charge in [0, 0.05) is 26.2 Å². The number of nitrogens with zero attached hydrogens (tertiary/aromatic N) is 2. The largest absolute Gasteiger partial charge is 0.317 e. The Hall–Kier alpha value is -0.120. The Bertz CT molecular complexity index is 154. The van der Waals surface area contributed by atoms with Gasteiger partial charge in [0.1, 0.15) is 0 Å². The maximum atomic E-state index is 3.39. The molecule has 3 nitrogen and oxygen atoms in total. The van der Waals surface area contributed by atoms with Gasteiger partial charge in [-0.3, -0.25) is 0 Å². The van der Waals surface area contributed by atoms with Crippen molar-refractivity contribution in [2.75, 3.05) is 52.4 Å². The standard InChI is InChI=1S/C13H29N3.2C2H6/c1-3-5-8-15-10-12-16(13-11-15)9-6-7-14-4-2;2*1-2/h14H,3-13H2,1-2H3;2*1-2H3. The first-order valence-corrected chi connectivity index (χ1v) is 9.02. The van der Waals surface area contributed by atoms with Crippen molar-refractivity contribution < 1.29 is 0 Å².